The highest BCUT2D eigenvalue weighted by Crippen LogP contribution is 2.38. The van der Waals surface area contributed by atoms with Crippen LogP contribution in [0.25, 0.3) is 11.0 Å². The number of alkyl halides is 3. The van der Waals surface area contributed by atoms with Crippen LogP contribution in [0.2, 0.25) is 5.15 Å². The number of halogens is 5. The molecule has 1 heterocycles. The Morgan fingerprint density at radius 2 is 1.50 bits per heavy atom. The van der Waals surface area contributed by atoms with Crippen molar-refractivity contribution < 1.29 is 22.3 Å². The highest BCUT2D eigenvalue weighted by molar-refractivity contribution is 6.31. The maximum Gasteiger partial charge on any atom is 0.429 e. The molecule has 3 rings (SSSR count). The van der Waals surface area contributed by atoms with Crippen molar-refractivity contribution in [3.63, 3.8) is 0 Å². The summed E-state index contributed by atoms with van der Waals surface area (Å²) in [5, 5.41) is -0.287. The third kappa shape index (κ3) is 3.41. The average Bonchev–Trinajstić information content (AvgIpc) is 2.53. The standard InChI is InChI=1S/C16H9ClF4N2O/c17-14-15(23-12-4-2-1-3-11(12)22-14)24-13(16(19,20)21)9-5-7-10(18)8-6-9/h1-8,13H. The Morgan fingerprint density at radius 3 is 2.08 bits per heavy atom. The van der Waals surface area contributed by atoms with E-state index in [4.69, 9.17) is 16.3 Å². The molecule has 0 aliphatic heterocycles. The van der Waals surface area contributed by atoms with Crippen molar-refractivity contribution in [2.75, 3.05) is 0 Å². The Labute approximate surface area is 138 Å². The Bertz CT molecular complexity index is 868. The van der Waals surface area contributed by atoms with Gasteiger partial charge >= 0.3 is 6.18 Å². The van der Waals surface area contributed by atoms with Crippen LogP contribution in [0.5, 0.6) is 5.88 Å². The number of rotatable bonds is 3. The molecule has 0 bridgehead atoms. The largest absolute Gasteiger partial charge is 0.458 e. The van der Waals surface area contributed by atoms with Gasteiger partial charge in [-0.15, -0.1) is 0 Å². The SMILES string of the molecule is Fc1ccc(C(Oc2nc3ccccc3nc2Cl)C(F)(F)F)cc1. The summed E-state index contributed by atoms with van der Waals surface area (Å²) in [6.45, 7) is 0. The van der Waals surface area contributed by atoms with E-state index in [0.717, 1.165) is 24.3 Å². The molecule has 3 nitrogen and oxygen atoms in total. The van der Waals surface area contributed by atoms with Gasteiger partial charge in [-0.25, -0.2) is 14.4 Å². The molecule has 1 unspecified atom stereocenters. The third-order valence-corrected chi connectivity index (χ3v) is 3.44. The van der Waals surface area contributed by atoms with Crippen molar-refractivity contribution in [1.29, 1.82) is 0 Å². The van der Waals surface area contributed by atoms with E-state index in [1.807, 2.05) is 0 Å². The summed E-state index contributed by atoms with van der Waals surface area (Å²) in [6.07, 6.45) is -7.08. The highest BCUT2D eigenvalue weighted by atomic mass is 35.5. The van der Waals surface area contributed by atoms with Crippen molar-refractivity contribution >= 4 is 22.6 Å². The van der Waals surface area contributed by atoms with Gasteiger partial charge < -0.3 is 4.74 Å². The number of ether oxygens (including phenoxy) is 1. The van der Waals surface area contributed by atoms with Crippen LogP contribution in [-0.4, -0.2) is 16.1 Å². The molecule has 0 spiro atoms. The van der Waals surface area contributed by atoms with E-state index >= 15 is 0 Å². The number of aromatic nitrogens is 2. The lowest BCUT2D eigenvalue weighted by atomic mass is 10.1. The van der Waals surface area contributed by atoms with Gasteiger partial charge in [-0.1, -0.05) is 35.9 Å². The second-order valence-electron chi connectivity index (χ2n) is 4.90. The molecule has 2 aromatic carbocycles. The van der Waals surface area contributed by atoms with Crippen molar-refractivity contribution in [3.05, 3.63) is 65.1 Å². The summed E-state index contributed by atoms with van der Waals surface area (Å²) < 4.78 is 57.9. The molecule has 0 aliphatic carbocycles. The zero-order valence-electron chi connectivity index (χ0n) is 11.9. The highest BCUT2D eigenvalue weighted by Gasteiger charge is 2.43. The first-order valence-electron chi connectivity index (χ1n) is 6.76. The summed E-state index contributed by atoms with van der Waals surface area (Å²) >= 11 is 5.88. The molecular weight excluding hydrogens is 348 g/mol. The van der Waals surface area contributed by atoms with Gasteiger partial charge in [0.05, 0.1) is 11.0 Å². The second-order valence-corrected chi connectivity index (χ2v) is 5.26. The fourth-order valence-corrected chi connectivity index (χ4v) is 2.29. The van der Waals surface area contributed by atoms with Crippen LogP contribution in [0.3, 0.4) is 0 Å². The third-order valence-electron chi connectivity index (χ3n) is 3.20. The molecule has 0 fully saturated rings. The molecule has 0 N–H and O–H groups in total. The molecule has 0 aliphatic rings. The van der Waals surface area contributed by atoms with E-state index in [2.05, 4.69) is 9.97 Å². The van der Waals surface area contributed by atoms with Gasteiger partial charge in [0.25, 0.3) is 5.88 Å². The van der Waals surface area contributed by atoms with Crippen LogP contribution >= 0.6 is 11.6 Å². The zero-order valence-corrected chi connectivity index (χ0v) is 12.6. The smallest absolute Gasteiger partial charge is 0.429 e. The molecule has 1 atom stereocenters. The monoisotopic (exact) mass is 356 g/mol. The quantitative estimate of drug-likeness (QED) is 0.612. The van der Waals surface area contributed by atoms with Gasteiger partial charge in [0.15, 0.2) is 5.15 Å². The molecular formula is C16H9ClF4N2O. The molecule has 0 amide bonds. The molecule has 0 saturated carbocycles. The fourth-order valence-electron chi connectivity index (χ4n) is 2.11. The first-order chi connectivity index (χ1) is 11.3. The summed E-state index contributed by atoms with van der Waals surface area (Å²) in [4.78, 5) is 7.95. The van der Waals surface area contributed by atoms with Crippen LogP contribution in [0.15, 0.2) is 48.5 Å². The van der Waals surface area contributed by atoms with Crippen LogP contribution in [0.4, 0.5) is 17.6 Å². The van der Waals surface area contributed by atoms with E-state index < -0.39 is 24.0 Å². The second kappa shape index (κ2) is 6.24. The van der Waals surface area contributed by atoms with Crippen LogP contribution in [0, 0.1) is 5.82 Å². The van der Waals surface area contributed by atoms with Crippen LogP contribution in [-0.2, 0) is 0 Å². The average molecular weight is 357 g/mol. The molecule has 124 valence electrons. The number of para-hydroxylation sites is 2. The van der Waals surface area contributed by atoms with Crippen molar-refractivity contribution in [2.45, 2.75) is 12.3 Å². The van der Waals surface area contributed by atoms with Crippen LogP contribution in [0.1, 0.15) is 11.7 Å². The summed E-state index contributed by atoms with van der Waals surface area (Å²) in [7, 11) is 0. The van der Waals surface area contributed by atoms with Crippen molar-refractivity contribution in [3.8, 4) is 5.88 Å². The summed E-state index contributed by atoms with van der Waals surface area (Å²) in [5.74, 6) is -1.09. The van der Waals surface area contributed by atoms with Gasteiger partial charge in [-0.3, -0.25) is 0 Å². The predicted molar refractivity (Wildman–Crippen MR) is 80.4 cm³/mol. The lowest BCUT2D eigenvalue weighted by Crippen LogP contribution is -2.26. The Morgan fingerprint density at radius 1 is 0.917 bits per heavy atom. The topological polar surface area (TPSA) is 35.0 Å². The van der Waals surface area contributed by atoms with Gasteiger partial charge in [0.1, 0.15) is 5.82 Å². The van der Waals surface area contributed by atoms with E-state index in [9.17, 15) is 17.6 Å². The van der Waals surface area contributed by atoms with Gasteiger partial charge in [-0.05, 0) is 24.3 Å². The van der Waals surface area contributed by atoms with Gasteiger partial charge in [0.2, 0.25) is 6.10 Å². The number of hydrogen-bond acceptors (Lipinski definition) is 3. The fraction of sp³-hybridized carbons (Fsp3) is 0.125. The Kier molecular flexibility index (Phi) is 4.28. The minimum Gasteiger partial charge on any atom is -0.458 e. The van der Waals surface area contributed by atoms with E-state index in [1.165, 1.54) is 0 Å². The normalized spacial score (nSPS) is 13.0. The molecule has 1 aromatic heterocycles. The van der Waals surface area contributed by atoms with Crippen molar-refractivity contribution in [2.24, 2.45) is 0 Å². The number of nitrogens with zero attached hydrogens (tertiary/aromatic N) is 2. The summed E-state index contributed by atoms with van der Waals surface area (Å²) in [6, 6.07) is 10.4. The predicted octanol–water partition coefficient (Wildman–Crippen LogP) is 5.10. The van der Waals surface area contributed by atoms with E-state index in [0.29, 0.717) is 11.0 Å². The Balaban J connectivity index is 2.01. The lowest BCUT2D eigenvalue weighted by Gasteiger charge is -2.22. The minimum atomic E-state index is -4.74. The van der Waals surface area contributed by atoms with Gasteiger partial charge in [-0.2, -0.15) is 13.2 Å². The number of fused-ring (bicyclic) bond motifs is 1. The number of hydrogen-bond donors (Lipinski definition) is 0. The first-order valence-corrected chi connectivity index (χ1v) is 7.13. The zero-order chi connectivity index (χ0) is 17.3. The maximum absolute atomic E-state index is 13.3. The number of benzene rings is 2. The van der Waals surface area contributed by atoms with E-state index in [-0.39, 0.29) is 10.7 Å². The molecule has 3 aromatic rings. The van der Waals surface area contributed by atoms with Gasteiger partial charge in [0, 0.05) is 5.56 Å². The maximum atomic E-state index is 13.3. The molecule has 8 heteroatoms. The first kappa shape index (κ1) is 16.4. The van der Waals surface area contributed by atoms with Crippen molar-refractivity contribution in [1.82, 2.24) is 9.97 Å². The van der Waals surface area contributed by atoms with E-state index in [1.54, 1.807) is 24.3 Å². The molecule has 0 radical (unpaired) electrons. The minimum absolute atomic E-state index is 0.269. The van der Waals surface area contributed by atoms with Crippen LogP contribution < -0.4 is 4.74 Å². The summed E-state index contributed by atoms with van der Waals surface area (Å²) in [5.41, 5.74) is 0.507. The molecule has 24 heavy (non-hydrogen) atoms. The molecule has 0 saturated heterocycles. The Hall–Kier alpha value is -2.41. The lowest BCUT2D eigenvalue weighted by molar-refractivity contribution is -0.198.